The molecule has 6 nitrogen and oxygen atoms in total. The minimum atomic E-state index is 0.428. The summed E-state index contributed by atoms with van der Waals surface area (Å²) >= 11 is 3.53. The molecular formula is C14H20BrN5O. The highest BCUT2D eigenvalue weighted by Crippen LogP contribution is 2.27. The van der Waals surface area contributed by atoms with Crippen LogP contribution in [0.15, 0.2) is 16.9 Å². The van der Waals surface area contributed by atoms with Gasteiger partial charge >= 0.3 is 0 Å². The molecule has 0 bridgehead atoms. The smallest absolute Gasteiger partial charge is 0.165 e. The van der Waals surface area contributed by atoms with Crippen LogP contribution >= 0.6 is 15.9 Å². The van der Waals surface area contributed by atoms with E-state index in [4.69, 9.17) is 4.74 Å². The number of rotatable bonds is 7. The summed E-state index contributed by atoms with van der Waals surface area (Å²) in [5.41, 5.74) is 1.73. The van der Waals surface area contributed by atoms with Crippen LogP contribution in [0, 0.1) is 0 Å². The molecule has 1 N–H and O–H groups in total. The summed E-state index contributed by atoms with van der Waals surface area (Å²) in [5.74, 6) is 1.43. The van der Waals surface area contributed by atoms with Gasteiger partial charge in [0.2, 0.25) is 0 Å². The maximum Gasteiger partial charge on any atom is 0.165 e. The van der Waals surface area contributed by atoms with Crippen molar-refractivity contribution in [3.63, 3.8) is 0 Å². The zero-order valence-electron chi connectivity index (χ0n) is 12.6. The second-order valence-corrected chi connectivity index (χ2v) is 5.40. The molecule has 0 aromatic carbocycles. The lowest BCUT2D eigenvalue weighted by molar-refractivity contribution is 0.181. The summed E-state index contributed by atoms with van der Waals surface area (Å²) < 4.78 is 7.96. The molecule has 0 unspecified atom stereocenters. The van der Waals surface area contributed by atoms with Crippen molar-refractivity contribution in [3.05, 3.63) is 22.6 Å². The molecule has 0 saturated heterocycles. The SMILES string of the molecule is CCCn1cc(-c2nc(COC)c(Br)c(NCC)n2)cn1. The summed E-state index contributed by atoms with van der Waals surface area (Å²) in [7, 11) is 1.65. The van der Waals surface area contributed by atoms with Crippen LogP contribution in [0.3, 0.4) is 0 Å². The Hall–Kier alpha value is -1.47. The molecule has 2 heterocycles. The van der Waals surface area contributed by atoms with E-state index >= 15 is 0 Å². The number of anilines is 1. The second-order valence-electron chi connectivity index (χ2n) is 4.61. The Kier molecular flexibility index (Phi) is 5.69. The third kappa shape index (κ3) is 3.79. The maximum absolute atomic E-state index is 5.21. The first-order valence-corrected chi connectivity index (χ1v) is 7.80. The number of nitrogens with zero attached hydrogens (tertiary/aromatic N) is 4. The van der Waals surface area contributed by atoms with Crippen LogP contribution in [0.4, 0.5) is 5.82 Å². The maximum atomic E-state index is 5.21. The van der Waals surface area contributed by atoms with Crippen LogP contribution in [0.2, 0.25) is 0 Å². The van der Waals surface area contributed by atoms with Gasteiger partial charge in [0.25, 0.3) is 0 Å². The summed E-state index contributed by atoms with van der Waals surface area (Å²) in [5, 5.41) is 7.57. The number of hydrogen-bond donors (Lipinski definition) is 1. The fraction of sp³-hybridized carbons (Fsp3) is 0.500. The summed E-state index contributed by atoms with van der Waals surface area (Å²) in [6, 6.07) is 0. The monoisotopic (exact) mass is 353 g/mol. The Morgan fingerprint density at radius 2 is 2.14 bits per heavy atom. The Morgan fingerprint density at radius 3 is 2.81 bits per heavy atom. The lowest BCUT2D eigenvalue weighted by Gasteiger charge is -2.11. The number of ether oxygens (including phenoxy) is 1. The highest BCUT2D eigenvalue weighted by molar-refractivity contribution is 9.10. The van der Waals surface area contributed by atoms with Crippen molar-refractivity contribution in [2.75, 3.05) is 19.0 Å². The van der Waals surface area contributed by atoms with Gasteiger partial charge in [-0.3, -0.25) is 4.68 Å². The molecule has 0 aliphatic heterocycles. The highest BCUT2D eigenvalue weighted by atomic mass is 79.9. The van der Waals surface area contributed by atoms with Crippen LogP contribution in [-0.4, -0.2) is 33.4 Å². The van der Waals surface area contributed by atoms with Crippen molar-refractivity contribution in [1.82, 2.24) is 19.7 Å². The van der Waals surface area contributed by atoms with Gasteiger partial charge < -0.3 is 10.1 Å². The van der Waals surface area contributed by atoms with Crippen molar-refractivity contribution < 1.29 is 4.74 Å². The van der Waals surface area contributed by atoms with E-state index in [1.165, 1.54) is 0 Å². The number of nitrogens with one attached hydrogen (secondary N) is 1. The Bertz CT molecular complexity index is 572. The average Bonchev–Trinajstić information content (AvgIpc) is 2.92. The van der Waals surface area contributed by atoms with E-state index in [0.717, 1.165) is 41.1 Å². The van der Waals surface area contributed by atoms with Gasteiger partial charge in [-0.2, -0.15) is 5.10 Å². The van der Waals surface area contributed by atoms with Crippen LogP contribution in [-0.2, 0) is 17.9 Å². The lowest BCUT2D eigenvalue weighted by Crippen LogP contribution is -2.06. The van der Waals surface area contributed by atoms with E-state index in [9.17, 15) is 0 Å². The molecule has 114 valence electrons. The molecule has 2 aromatic heterocycles. The predicted octanol–water partition coefficient (Wildman–Crippen LogP) is 3.09. The second kappa shape index (κ2) is 7.51. The Labute approximate surface area is 133 Å². The van der Waals surface area contributed by atoms with Gasteiger partial charge in [-0.25, -0.2) is 9.97 Å². The van der Waals surface area contributed by atoms with Gasteiger partial charge in [0.1, 0.15) is 5.82 Å². The molecular weight excluding hydrogens is 334 g/mol. The number of aromatic nitrogens is 4. The van der Waals surface area contributed by atoms with Gasteiger partial charge in [-0.1, -0.05) is 6.92 Å². The van der Waals surface area contributed by atoms with Gasteiger partial charge in [0.05, 0.1) is 28.5 Å². The molecule has 0 spiro atoms. The van der Waals surface area contributed by atoms with Crippen molar-refractivity contribution in [3.8, 4) is 11.4 Å². The first-order chi connectivity index (χ1) is 10.2. The first-order valence-electron chi connectivity index (χ1n) is 7.01. The summed E-state index contributed by atoms with van der Waals surface area (Å²) in [6.07, 6.45) is 4.81. The molecule has 0 amide bonds. The first kappa shape index (κ1) is 15.9. The molecule has 0 aliphatic rings. The van der Waals surface area contributed by atoms with Crippen LogP contribution < -0.4 is 5.32 Å². The molecule has 2 rings (SSSR count). The Morgan fingerprint density at radius 1 is 1.33 bits per heavy atom. The number of methoxy groups -OCH3 is 1. The minimum Gasteiger partial charge on any atom is -0.378 e. The van der Waals surface area contributed by atoms with Crippen LogP contribution in [0.25, 0.3) is 11.4 Å². The van der Waals surface area contributed by atoms with E-state index < -0.39 is 0 Å². The molecule has 2 aromatic rings. The molecule has 0 atom stereocenters. The van der Waals surface area contributed by atoms with Gasteiger partial charge in [0, 0.05) is 26.4 Å². The Balaban J connectivity index is 2.41. The number of halogens is 1. The largest absolute Gasteiger partial charge is 0.378 e. The lowest BCUT2D eigenvalue weighted by atomic mass is 10.3. The van der Waals surface area contributed by atoms with E-state index in [2.05, 4.69) is 43.2 Å². The van der Waals surface area contributed by atoms with Crippen molar-refractivity contribution >= 4 is 21.7 Å². The van der Waals surface area contributed by atoms with E-state index in [1.54, 1.807) is 13.3 Å². The molecule has 21 heavy (non-hydrogen) atoms. The third-order valence-corrected chi connectivity index (χ3v) is 3.72. The molecule has 0 saturated carbocycles. The van der Waals surface area contributed by atoms with Gasteiger partial charge in [0.15, 0.2) is 5.82 Å². The fourth-order valence-corrected chi connectivity index (χ4v) is 2.40. The van der Waals surface area contributed by atoms with Crippen LogP contribution in [0.1, 0.15) is 26.0 Å². The zero-order valence-corrected chi connectivity index (χ0v) is 14.1. The van der Waals surface area contributed by atoms with Crippen LogP contribution in [0.5, 0.6) is 0 Å². The molecule has 7 heteroatoms. The molecule has 0 aliphatic carbocycles. The number of aryl methyl sites for hydroxylation is 1. The van der Waals surface area contributed by atoms with Crippen molar-refractivity contribution in [2.45, 2.75) is 33.4 Å². The average molecular weight is 354 g/mol. The molecule has 0 radical (unpaired) electrons. The van der Waals surface area contributed by atoms with E-state index in [-0.39, 0.29) is 0 Å². The quantitative estimate of drug-likeness (QED) is 0.828. The summed E-state index contributed by atoms with van der Waals surface area (Å²) in [6.45, 7) is 6.26. The summed E-state index contributed by atoms with van der Waals surface area (Å²) in [4.78, 5) is 9.14. The van der Waals surface area contributed by atoms with E-state index in [0.29, 0.717) is 12.4 Å². The fourth-order valence-electron chi connectivity index (χ4n) is 1.97. The van der Waals surface area contributed by atoms with Crippen molar-refractivity contribution in [1.29, 1.82) is 0 Å². The van der Waals surface area contributed by atoms with Gasteiger partial charge in [-0.15, -0.1) is 0 Å². The number of hydrogen-bond acceptors (Lipinski definition) is 5. The van der Waals surface area contributed by atoms with Crippen molar-refractivity contribution in [2.24, 2.45) is 0 Å². The topological polar surface area (TPSA) is 64.9 Å². The predicted molar refractivity (Wildman–Crippen MR) is 86.1 cm³/mol. The minimum absolute atomic E-state index is 0.428. The van der Waals surface area contributed by atoms with E-state index in [1.807, 2.05) is 17.8 Å². The normalized spacial score (nSPS) is 10.9. The zero-order chi connectivity index (χ0) is 15.2. The molecule has 0 fully saturated rings. The standard InChI is InChI=1S/C14H20BrN5O/c1-4-6-20-8-10(7-17-20)13-18-11(9-21-3)12(15)14(19-13)16-5-2/h7-8H,4-6,9H2,1-3H3,(H,16,18,19). The highest BCUT2D eigenvalue weighted by Gasteiger charge is 2.14. The third-order valence-electron chi connectivity index (χ3n) is 2.89. The van der Waals surface area contributed by atoms with Gasteiger partial charge in [-0.05, 0) is 29.3 Å².